The number of hydrogen-bond acceptors (Lipinski definition) is 1. The fraction of sp³-hybridized carbons (Fsp3) is 0.333. The second-order valence-corrected chi connectivity index (χ2v) is 1.62. The van der Waals surface area contributed by atoms with Crippen molar-refractivity contribution >= 4 is 0 Å². The molecule has 0 atom stereocenters. The number of hydrogen-bond donors (Lipinski definition) is 1. The van der Waals surface area contributed by atoms with Gasteiger partial charge >= 0.3 is 0 Å². The van der Waals surface area contributed by atoms with Crippen LogP contribution in [0.1, 0.15) is 0 Å². The third-order valence-corrected chi connectivity index (χ3v) is 1.04. The third-order valence-electron chi connectivity index (χ3n) is 1.04. The van der Waals surface area contributed by atoms with Crippen LogP contribution in [0.25, 0.3) is 0 Å². The van der Waals surface area contributed by atoms with Gasteiger partial charge in [-0.15, -0.1) is 0 Å². The summed E-state index contributed by atoms with van der Waals surface area (Å²) in [6.07, 6.45) is 7.84. The van der Waals surface area contributed by atoms with Crippen LogP contribution >= 0.6 is 0 Å². The Morgan fingerprint density at radius 2 is 1.75 bits per heavy atom. The summed E-state index contributed by atoms with van der Waals surface area (Å²) >= 11 is 0. The predicted octanol–water partition coefficient (Wildman–Crippen LogP) is 0.718. The van der Waals surface area contributed by atoms with Gasteiger partial charge in [-0.3, -0.25) is 0 Å². The van der Waals surface area contributed by atoms with E-state index in [9.17, 15) is 0 Å². The predicted molar refractivity (Wildman–Crippen MR) is 28.9 cm³/mol. The molecule has 0 spiro atoms. The Kier molecular flexibility index (Phi) is 4.15. The minimum atomic E-state index is 0. The molecule has 1 N–H and O–H groups in total. The topological polar surface area (TPSA) is 20.2 Å². The monoisotopic (exact) mass is 144 g/mol. The Hall–Kier alpha value is 0.154. The second-order valence-electron chi connectivity index (χ2n) is 1.62. The van der Waals surface area contributed by atoms with Gasteiger partial charge in [0.1, 0.15) is 0 Å². The minimum absolute atomic E-state index is 0. The fourth-order valence-corrected chi connectivity index (χ4v) is 0.600. The van der Waals surface area contributed by atoms with Crippen LogP contribution in [0, 0.1) is 5.92 Å². The van der Waals surface area contributed by atoms with Gasteiger partial charge in [0.15, 0.2) is 0 Å². The van der Waals surface area contributed by atoms with Crippen molar-refractivity contribution in [3.8, 4) is 0 Å². The van der Waals surface area contributed by atoms with Gasteiger partial charge in [-0.1, -0.05) is 24.3 Å². The largest absolute Gasteiger partial charge is 0.395 e. The van der Waals surface area contributed by atoms with Crippen LogP contribution in [0.4, 0.5) is 0 Å². The van der Waals surface area contributed by atoms with E-state index in [-0.39, 0.29) is 28.3 Å². The summed E-state index contributed by atoms with van der Waals surface area (Å²) in [5, 5.41) is 8.46. The van der Waals surface area contributed by atoms with E-state index in [2.05, 4.69) is 0 Å². The number of aliphatic hydroxyl groups is 1. The van der Waals surface area contributed by atoms with E-state index in [4.69, 9.17) is 5.11 Å². The molecule has 0 fully saturated rings. The van der Waals surface area contributed by atoms with Gasteiger partial charge in [0.2, 0.25) is 0 Å². The van der Waals surface area contributed by atoms with Crippen LogP contribution in [0.2, 0.25) is 0 Å². The number of aliphatic hydroxyl groups excluding tert-OH is 1. The first kappa shape index (κ1) is 8.15. The van der Waals surface area contributed by atoms with Crippen LogP contribution in [0.3, 0.4) is 0 Å². The van der Waals surface area contributed by atoms with Crippen LogP contribution in [0.5, 0.6) is 0 Å². The molecule has 42 valence electrons. The zero-order chi connectivity index (χ0) is 5.11. The standard InChI is InChI=1S/C6H8O.Ti/c7-5-6-3-1-2-4-6;/h1-4,6-7H,5H2;. The van der Waals surface area contributed by atoms with E-state index in [1.54, 1.807) is 0 Å². The van der Waals surface area contributed by atoms with E-state index in [1.165, 1.54) is 0 Å². The Labute approximate surface area is 64.0 Å². The van der Waals surface area contributed by atoms with Crippen molar-refractivity contribution in [1.82, 2.24) is 0 Å². The van der Waals surface area contributed by atoms with Crippen molar-refractivity contribution in [2.45, 2.75) is 0 Å². The zero-order valence-corrected chi connectivity index (χ0v) is 6.10. The average Bonchev–Trinajstić information content (AvgIpc) is 2.14. The molecule has 0 saturated carbocycles. The van der Waals surface area contributed by atoms with Crippen molar-refractivity contribution in [1.29, 1.82) is 0 Å². The smallest absolute Gasteiger partial charge is 0.0528 e. The first-order chi connectivity index (χ1) is 3.43. The van der Waals surface area contributed by atoms with Gasteiger partial charge in [0, 0.05) is 27.6 Å². The molecule has 0 unspecified atom stereocenters. The molecular formula is C6H8OTi. The van der Waals surface area contributed by atoms with Gasteiger partial charge in [-0.2, -0.15) is 0 Å². The normalized spacial score (nSPS) is 16.6. The second kappa shape index (κ2) is 4.08. The van der Waals surface area contributed by atoms with Crippen molar-refractivity contribution in [2.75, 3.05) is 6.61 Å². The summed E-state index contributed by atoms with van der Waals surface area (Å²) in [7, 11) is 0. The molecule has 1 rings (SSSR count). The van der Waals surface area contributed by atoms with E-state index in [0.29, 0.717) is 5.92 Å². The first-order valence-electron chi connectivity index (χ1n) is 2.39. The Morgan fingerprint density at radius 3 is 2.00 bits per heavy atom. The van der Waals surface area contributed by atoms with Crippen molar-refractivity contribution in [2.24, 2.45) is 5.92 Å². The molecular weight excluding hydrogens is 136 g/mol. The molecule has 0 saturated heterocycles. The van der Waals surface area contributed by atoms with E-state index < -0.39 is 0 Å². The molecule has 0 aliphatic heterocycles. The maximum absolute atomic E-state index is 8.46. The van der Waals surface area contributed by atoms with Gasteiger partial charge < -0.3 is 5.11 Å². The summed E-state index contributed by atoms with van der Waals surface area (Å²) in [5.74, 6) is 0.292. The summed E-state index contributed by atoms with van der Waals surface area (Å²) < 4.78 is 0. The van der Waals surface area contributed by atoms with Gasteiger partial charge in [0.25, 0.3) is 0 Å². The zero-order valence-electron chi connectivity index (χ0n) is 4.54. The summed E-state index contributed by atoms with van der Waals surface area (Å²) in [6.45, 7) is 0.243. The molecule has 0 radical (unpaired) electrons. The molecule has 0 bridgehead atoms. The van der Waals surface area contributed by atoms with E-state index >= 15 is 0 Å². The molecule has 0 amide bonds. The van der Waals surface area contributed by atoms with Crippen LogP contribution < -0.4 is 0 Å². The molecule has 1 aliphatic rings. The Balaban J connectivity index is 0.000000490. The first-order valence-corrected chi connectivity index (χ1v) is 2.39. The van der Waals surface area contributed by atoms with Crippen molar-refractivity contribution in [3.63, 3.8) is 0 Å². The molecule has 0 aromatic rings. The fourth-order valence-electron chi connectivity index (χ4n) is 0.600. The molecule has 1 aliphatic carbocycles. The maximum atomic E-state index is 8.46. The number of allylic oxidation sites excluding steroid dienone is 2. The van der Waals surface area contributed by atoms with Crippen molar-refractivity contribution < 1.29 is 26.8 Å². The van der Waals surface area contributed by atoms with E-state index in [1.807, 2.05) is 24.3 Å². The maximum Gasteiger partial charge on any atom is 0.0528 e. The summed E-state index contributed by atoms with van der Waals surface area (Å²) in [5.41, 5.74) is 0. The molecule has 0 aromatic carbocycles. The molecule has 2 heteroatoms. The van der Waals surface area contributed by atoms with Crippen LogP contribution in [-0.2, 0) is 21.7 Å². The third kappa shape index (κ3) is 1.95. The molecule has 8 heavy (non-hydrogen) atoms. The molecule has 1 nitrogen and oxygen atoms in total. The Morgan fingerprint density at radius 1 is 1.25 bits per heavy atom. The quantitative estimate of drug-likeness (QED) is 0.537. The molecule has 0 heterocycles. The average molecular weight is 144 g/mol. The van der Waals surface area contributed by atoms with Crippen LogP contribution in [0.15, 0.2) is 24.3 Å². The summed E-state index contributed by atoms with van der Waals surface area (Å²) in [4.78, 5) is 0. The number of rotatable bonds is 1. The van der Waals surface area contributed by atoms with Gasteiger partial charge in [-0.25, -0.2) is 0 Å². The SMILES string of the molecule is OCC1C=CC=C1.[Ti]. The van der Waals surface area contributed by atoms with Crippen molar-refractivity contribution in [3.05, 3.63) is 24.3 Å². The Bertz CT molecular complexity index is 95.1. The van der Waals surface area contributed by atoms with E-state index in [0.717, 1.165) is 0 Å². The minimum Gasteiger partial charge on any atom is -0.395 e. The van der Waals surface area contributed by atoms with Crippen LogP contribution in [-0.4, -0.2) is 11.7 Å². The molecule has 0 aromatic heterocycles. The van der Waals surface area contributed by atoms with Gasteiger partial charge in [-0.05, 0) is 0 Å². The van der Waals surface area contributed by atoms with Gasteiger partial charge in [0.05, 0.1) is 6.61 Å². The summed E-state index contributed by atoms with van der Waals surface area (Å²) in [6, 6.07) is 0.